The number of amides is 7. The maximum Gasteiger partial charge on any atom is 0.319 e. The van der Waals surface area contributed by atoms with Gasteiger partial charge in [-0.3, -0.25) is 28.8 Å². The molecule has 16 nitrogen and oxygen atoms in total. The van der Waals surface area contributed by atoms with Crippen molar-refractivity contribution in [2.24, 2.45) is 5.92 Å². The molecule has 7 amide bonds. The van der Waals surface area contributed by atoms with E-state index < -0.39 is 78.3 Å². The van der Waals surface area contributed by atoms with Crippen molar-refractivity contribution in [2.45, 2.75) is 96.1 Å². The van der Waals surface area contributed by atoms with Crippen molar-refractivity contribution in [3.05, 3.63) is 64.4 Å². The molecule has 0 aliphatic carbocycles. The summed E-state index contributed by atoms with van der Waals surface area (Å²) in [7, 11) is 1.81. The highest BCUT2D eigenvalue weighted by atomic mass is 35.5. The Labute approximate surface area is 354 Å². The Hall–Kier alpha value is -5.13. The van der Waals surface area contributed by atoms with Gasteiger partial charge in [-0.25, -0.2) is 9.18 Å². The number of nitrogens with zero attached hydrogens (tertiary/aromatic N) is 4. The number of rotatable bonds is 14. The van der Waals surface area contributed by atoms with Gasteiger partial charge in [0.15, 0.2) is 5.78 Å². The van der Waals surface area contributed by atoms with E-state index in [1.54, 1.807) is 26.0 Å². The van der Waals surface area contributed by atoms with E-state index in [0.29, 0.717) is 37.9 Å². The highest BCUT2D eigenvalue weighted by Crippen LogP contribution is 2.26. The zero-order valence-corrected chi connectivity index (χ0v) is 35.5. The molecule has 0 saturated carbocycles. The summed E-state index contributed by atoms with van der Waals surface area (Å²) in [5.74, 6) is -3.58. The molecule has 2 aromatic carbocycles. The summed E-state index contributed by atoms with van der Waals surface area (Å²) >= 11 is 5.77. The lowest BCUT2D eigenvalue weighted by atomic mass is 10.0. The van der Waals surface area contributed by atoms with Crippen molar-refractivity contribution in [1.29, 1.82) is 0 Å². The first-order valence-corrected chi connectivity index (χ1v) is 20.8. The van der Waals surface area contributed by atoms with E-state index >= 15 is 0 Å². The number of anilines is 1. The number of Topliss-reactive ketones (excluding diaryl/α,β-unsaturated/α-hetero) is 1. The Kier molecular flexibility index (Phi) is 15.6. The van der Waals surface area contributed by atoms with Gasteiger partial charge in [0.2, 0.25) is 29.5 Å². The van der Waals surface area contributed by atoms with E-state index in [1.165, 1.54) is 26.8 Å². The first kappa shape index (κ1) is 45.9. The minimum absolute atomic E-state index is 0.00124. The molecule has 2 aromatic rings. The monoisotopic (exact) mass is 854 g/mol. The number of piperazine rings is 1. The van der Waals surface area contributed by atoms with E-state index in [-0.39, 0.29) is 60.8 Å². The van der Waals surface area contributed by atoms with Gasteiger partial charge in [-0.2, -0.15) is 0 Å². The van der Waals surface area contributed by atoms with E-state index in [2.05, 4.69) is 21.3 Å². The first-order valence-electron chi connectivity index (χ1n) is 20.4. The van der Waals surface area contributed by atoms with Crippen LogP contribution in [-0.2, 0) is 35.2 Å². The second-order valence-corrected chi connectivity index (χ2v) is 16.5. The van der Waals surface area contributed by atoms with E-state index in [1.807, 2.05) is 37.9 Å². The van der Waals surface area contributed by atoms with E-state index in [9.17, 15) is 43.1 Å². The van der Waals surface area contributed by atoms with Gasteiger partial charge in [-0.15, -0.1) is 0 Å². The summed E-state index contributed by atoms with van der Waals surface area (Å²) < 4.78 is 14.1. The lowest BCUT2D eigenvalue weighted by Crippen LogP contribution is -2.65. The second-order valence-electron chi connectivity index (χ2n) is 16.1. The molecule has 3 aliphatic rings. The molecular weight excluding hydrogens is 799 g/mol. The molecule has 60 heavy (non-hydrogen) atoms. The number of aliphatic hydroxyl groups is 1. The van der Waals surface area contributed by atoms with Crippen LogP contribution in [0.1, 0.15) is 57.6 Å². The predicted molar refractivity (Wildman–Crippen MR) is 221 cm³/mol. The van der Waals surface area contributed by atoms with Crippen molar-refractivity contribution in [2.75, 3.05) is 51.7 Å². The van der Waals surface area contributed by atoms with Crippen molar-refractivity contribution in [3.63, 3.8) is 0 Å². The highest BCUT2D eigenvalue weighted by Gasteiger charge is 2.45. The summed E-state index contributed by atoms with van der Waals surface area (Å²) in [6, 6.07) is 3.82. The zero-order valence-electron chi connectivity index (χ0n) is 34.7. The van der Waals surface area contributed by atoms with Gasteiger partial charge in [-0.05, 0) is 69.8 Å². The first-order chi connectivity index (χ1) is 28.5. The van der Waals surface area contributed by atoms with Gasteiger partial charge in [0.05, 0.1) is 17.7 Å². The number of urea groups is 1. The van der Waals surface area contributed by atoms with Crippen molar-refractivity contribution in [3.8, 4) is 0 Å². The molecule has 0 aromatic heterocycles. The van der Waals surface area contributed by atoms with Gasteiger partial charge in [0.1, 0.15) is 36.0 Å². The molecule has 3 heterocycles. The third-order valence-corrected chi connectivity index (χ3v) is 11.7. The van der Waals surface area contributed by atoms with Gasteiger partial charge in [0.25, 0.3) is 0 Å². The Bertz CT molecular complexity index is 1950. The minimum Gasteiger partial charge on any atom is -0.394 e. The number of carbonyl (C=O) groups is 7. The number of aliphatic hydroxyl groups excluding tert-OH is 1. The molecule has 3 aliphatic heterocycles. The molecule has 18 heteroatoms. The average molecular weight is 855 g/mol. The quantitative estimate of drug-likeness (QED) is 0.188. The topological polar surface area (TPSA) is 201 Å². The maximum atomic E-state index is 14.3. The molecule has 5 N–H and O–H groups in total. The average Bonchev–Trinajstić information content (AvgIpc) is 3.87. The van der Waals surface area contributed by atoms with Crippen LogP contribution in [0.5, 0.6) is 0 Å². The summed E-state index contributed by atoms with van der Waals surface area (Å²) in [5.41, 5.74) is 1.67. The fraction of sp³-hybridized carbons (Fsp3) is 0.548. The number of benzene rings is 2. The zero-order chi connectivity index (χ0) is 43.8. The molecule has 3 saturated heterocycles. The second kappa shape index (κ2) is 20.4. The smallest absolute Gasteiger partial charge is 0.319 e. The lowest BCUT2D eigenvalue weighted by Gasteiger charge is -2.41. The van der Waals surface area contributed by atoms with Crippen molar-refractivity contribution in [1.82, 2.24) is 35.6 Å². The largest absolute Gasteiger partial charge is 0.394 e. The number of likely N-dealkylation sites (tertiary alicyclic amines) is 2. The number of halogens is 2. The van der Waals surface area contributed by atoms with Crippen LogP contribution in [0.3, 0.4) is 0 Å². The summed E-state index contributed by atoms with van der Waals surface area (Å²) in [6.45, 7) is 7.66. The van der Waals surface area contributed by atoms with Crippen LogP contribution in [0, 0.1) is 18.7 Å². The number of hydrogen-bond acceptors (Lipinski definition) is 9. The molecule has 3 fully saturated rings. The molecule has 5 rings (SSSR count). The highest BCUT2D eigenvalue weighted by molar-refractivity contribution is 6.30. The summed E-state index contributed by atoms with van der Waals surface area (Å²) in [6.07, 6.45) is 1.57. The van der Waals surface area contributed by atoms with Gasteiger partial charge in [-0.1, -0.05) is 55.3 Å². The van der Waals surface area contributed by atoms with Crippen LogP contribution in [0.15, 0.2) is 42.5 Å². The van der Waals surface area contributed by atoms with Crippen molar-refractivity contribution < 1.29 is 43.1 Å². The van der Waals surface area contributed by atoms with Gasteiger partial charge >= 0.3 is 6.03 Å². The lowest BCUT2D eigenvalue weighted by molar-refractivity contribution is -0.152. The number of hydrogen-bond donors (Lipinski definition) is 5. The summed E-state index contributed by atoms with van der Waals surface area (Å²) in [5, 5.41) is 20.7. The van der Waals surface area contributed by atoms with Gasteiger partial charge < -0.3 is 46.0 Å². The fourth-order valence-corrected chi connectivity index (χ4v) is 8.30. The Morgan fingerprint density at radius 2 is 1.63 bits per heavy atom. The van der Waals surface area contributed by atoms with Crippen LogP contribution in [0.2, 0.25) is 5.02 Å². The minimum atomic E-state index is -1.49. The molecule has 0 bridgehead atoms. The molecule has 326 valence electrons. The Morgan fingerprint density at radius 1 is 0.883 bits per heavy atom. The van der Waals surface area contributed by atoms with Crippen LogP contribution >= 0.6 is 11.6 Å². The molecule has 7 atom stereocenters. The predicted octanol–water partition coefficient (Wildman–Crippen LogP) is 1.85. The van der Waals surface area contributed by atoms with Crippen LogP contribution < -0.4 is 21.3 Å². The molecule has 0 unspecified atom stereocenters. The van der Waals surface area contributed by atoms with Gasteiger partial charge in [0, 0.05) is 51.3 Å². The number of nitrogens with one attached hydrogen (secondary N) is 4. The standard InChI is InChI=1S/C42H56ClFN8O8/c1-6-36(54)34-18-25(3)21-52(34)39(57)26(4)45-38(56)35-22-49(5)15-16-51(35)41(59)33-11-8-14-50(33)40(58)32(23-53)47-37(55)31(19-27-10-7-9-24(2)17-27)48-42(60)46-28-12-13-29(43)30(44)20-28/h7,9-10,12-13,17,20,25-26,31-35,53H,6,8,11,14-16,18-19,21-23H2,1-5H3,(H,45,56)(H,47,55)(H2,46,48,60)/t25-,26+,31+,32+,33+,34+,35+/m1/s1. The van der Waals surface area contributed by atoms with E-state index in [0.717, 1.165) is 11.6 Å². The number of ketones is 1. The number of aryl methyl sites for hydroxylation is 1. The SMILES string of the molecule is CCC(=O)[C@@H]1C[C@@H](C)CN1C(=O)[C@H](C)NC(=O)[C@@H]1CN(C)CCN1C(=O)[C@@H]1CCCN1C(=O)[C@H](CO)NC(=O)[C@H](Cc1cccc(C)c1)NC(=O)Nc1ccc(Cl)c(F)c1. The molecule has 0 spiro atoms. The van der Waals surface area contributed by atoms with Crippen LogP contribution in [-0.4, -0.2) is 149 Å². The molecular formula is C42H56ClFN8O8. The number of likely N-dealkylation sites (N-methyl/N-ethyl adjacent to an activating group) is 1. The summed E-state index contributed by atoms with van der Waals surface area (Å²) in [4.78, 5) is 101. The van der Waals surface area contributed by atoms with Crippen LogP contribution in [0.25, 0.3) is 0 Å². The normalized spacial score (nSPS) is 22.1. The molecule has 0 radical (unpaired) electrons. The maximum absolute atomic E-state index is 14.3. The fourth-order valence-electron chi connectivity index (χ4n) is 8.18. The van der Waals surface area contributed by atoms with Crippen molar-refractivity contribution >= 4 is 58.6 Å². The third kappa shape index (κ3) is 11.2. The van der Waals surface area contributed by atoms with E-state index in [4.69, 9.17) is 11.6 Å². The Morgan fingerprint density at radius 3 is 2.32 bits per heavy atom. The Balaban J connectivity index is 1.27. The number of carbonyl (C=O) groups excluding carboxylic acids is 7. The third-order valence-electron chi connectivity index (χ3n) is 11.4. The van der Waals surface area contributed by atoms with Crippen LogP contribution in [0.4, 0.5) is 14.9 Å².